The lowest BCUT2D eigenvalue weighted by molar-refractivity contribution is 0.0833. The first-order valence-electron chi connectivity index (χ1n) is 12.5. The second kappa shape index (κ2) is 9.56. The Labute approximate surface area is 201 Å². The molecule has 2 aliphatic rings. The fourth-order valence-electron chi connectivity index (χ4n) is 5.78. The number of aryl methyl sites for hydroxylation is 1. The van der Waals surface area contributed by atoms with Crippen LogP contribution < -0.4 is 5.32 Å². The van der Waals surface area contributed by atoms with E-state index in [9.17, 15) is 10.1 Å². The molecule has 1 saturated carbocycles. The fraction of sp³-hybridized carbons (Fsp3) is 0.414. The van der Waals surface area contributed by atoms with Gasteiger partial charge in [0, 0.05) is 17.5 Å². The van der Waals surface area contributed by atoms with Crippen LogP contribution in [0.25, 0.3) is 16.9 Å². The van der Waals surface area contributed by atoms with Gasteiger partial charge in [0.25, 0.3) is 0 Å². The first kappa shape index (κ1) is 22.6. The zero-order chi connectivity index (χ0) is 23.7. The summed E-state index contributed by atoms with van der Waals surface area (Å²) in [6.45, 7) is 5.40. The van der Waals surface area contributed by atoms with Crippen LogP contribution in [0, 0.1) is 36.0 Å². The summed E-state index contributed by atoms with van der Waals surface area (Å²) in [4.78, 5) is 13.8. The molecular weight excluding hydrogens is 420 g/mol. The Kier molecular flexibility index (Phi) is 6.34. The predicted molar refractivity (Wildman–Crippen MR) is 134 cm³/mol. The van der Waals surface area contributed by atoms with Crippen molar-refractivity contribution in [2.75, 3.05) is 6.54 Å². The summed E-state index contributed by atoms with van der Waals surface area (Å²) >= 11 is 0. The van der Waals surface area contributed by atoms with E-state index in [0.717, 1.165) is 48.7 Å². The molecule has 34 heavy (non-hydrogen) atoms. The number of hydrogen-bond donors (Lipinski definition) is 1. The number of hydrogen-bond acceptors (Lipinski definition) is 4. The number of nitrogens with one attached hydrogen (secondary N) is 1. The van der Waals surface area contributed by atoms with Crippen LogP contribution in [-0.2, 0) is 0 Å². The number of nitrogens with zero attached hydrogens (tertiary/aromatic N) is 3. The van der Waals surface area contributed by atoms with Crippen molar-refractivity contribution < 1.29 is 4.79 Å². The van der Waals surface area contributed by atoms with Gasteiger partial charge in [-0.05, 0) is 81.3 Å². The van der Waals surface area contributed by atoms with E-state index in [-0.39, 0.29) is 11.7 Å². The second-order valence-corrected chi connectivity index (χ2v) is 10.1. The molecule has 0 amide bonds. The maximum Gasteiger partial charge on any atom is 0.186 e. The van der Waals surface area contributed by atoms with Crippen molar-refractivity contribution in [3.05, 3.63) is 71.4 Å². The monoisotopic (exact) mass is 452 g/mol. The number of aromatic nitrogens is 2. The van der Waals surface area contributed by atoms with Gasteiger partial charge in [-0.3, -0.25) is 4.79 Å². The molecule has 0 bridgehead atoms. The van der Waals surface area contributed by atoms with Crippen LogP contribution >= 0.6 is 0 Å². The molecule has 1 aromatic heterocycles. The lowest BCUT2D eigenvalue weighted by atomic mass is 9.75. The number of benzene rings is 2. The maximum absolute atomic E-state index is 13.8. The van der Waals surface area contributed by atoms with Gasteiger partial charge in [-0.1, -0.05) is 43.2 Å². The predicted octanol–water partition coefficient (Wildman–Crippen LogP) is 5.71. The fourth-order valence-corrected chi connectivity index (χ4v) is 5.78. The molecule has 2 heterocycles. The number of rotatable bonds is 4. The molecule has 1 saturated heterocycles. The summed E-state index contributed by atoms with van der Waals surface area (Å²) in [6, 6.07) is 20.3. The Morgan fingerprint density at radius 1 is 1.09 bits per heavy atom. The van der Waals surface area contributed by atoms with E-state index in [4.69, 9.17) is 5.10 Å². The van der Waals surface area contributed by atoms with Crippen LogP contribution in [-0.4, -0.2) is 28.2 Å². The van der Waals surface area contributed by atoms with E-state index in [1.54, 1.807) is 0 Å². The Hall–Kier alpha value is -3.23. The Balaban J connectivity index is 1.50. The Morgan fingerprint density at radius 3 is 2.59 bits per heavy atom. The molecule has 3 aromatic rings. The molecule has 2 fully saturated rings. The number of carbonyl (C=O) groups is 1. The minimum Gasteiger partial charge on any atom is -0.314 e. The van der Waals surface area contributed by atoms with Crippen LogP contribution in [0.3, 0.4) is 0 Å². The summed E-state index contributed by atoms with van der Waals surface area (Å²) in [5, 5.41) is 17.7. The largest absolute Gasteiger partial charge is 0.314 e. The highest BCUT2D eigenvalue weighted by Gasteiger charge is 2.36. The molecule has 174 valence electrons. The van der Waals surface area contributed by atoms with Gasteiger partial charge >= 0.3 is 0 Å². The van der Waals surface area contributed by atoms with Crippen molar-refractivity contribution in [3.63, 3.8) is 0 Å². The zero-order valence-corrected chi connectivity index (χ0v) is 20.0. The lowest BCUT2D eigenvalue weighted by Gasteiger charge is -2.31. The molecule has 4 atom stereocenters. The molecule has 5 heteroatoms. The van der Waals surface area contributed by atoms with Crippen molar-refractivity contribution in [3.8, 4) is 23.0 Å². The van der Waals surface area contributed by atoms with Crippen LogP contribution in [0.1, 0.15) is 60.6 Å². The molecule has 5 nitrogen and oxygen atoms in total. The van der Waals surface area contributed by atoms with Crippen molar-refractivity contribution in [2.45, 2.75) is 52.0 Å². The van der Waals surface area contributed by atoms with Gasteiger partial charge in [-0.2, -0.15) is 10.4 Å². The lowest BCUT2D eigenvalue weighted by Crippen LogP contribution is -2.35. The van der Waals surface area contributed by atoms with Crippen LogP contribution in [0.4, 0.5) is 0 Å². The normalized spacial score (nSPS) is 24.6. The molecule has 0 radical (unpaired) electrons. The highest BCUT2D eigenvalue weighted by Crippen LogP contribution is 2.36. The van der Waals surface area contributed by atoms with Crippen molar-refractivity contribution in [1.29, 1.82) is 5.26 Å². The van der Waals surface area contributed by atoms with Crippen molar-refractivity contribution in [1.82, 2.24) is 15.1 Å². The van der Waals surface area contributed by atoms with Crippen molar-refractivity contribution in [2.24, 2.45) is 17.8 Å². The van der Waals surface area contributed by atoms with Gasteiger partial charge < -0.3 is 5.32 Å². The molecule has 1 N–H and O–H groups in total. The molecule has 0 spiro atoms. The number of ketones is 1. The first-order chi connectivity index (χ1) is 16.5. The smallest absolute Gasteiger partial charge is 0.186 e. The summed E-state index contributed by atoms with van der Waals surface area (Å²) in [7, 11) is 0. The summed E-state index contributed by atoms with van der Waals surface area (Å²) in [5.41, 5.74) is 5.06. The molecule has 5 rings (SSSR count). The van der Waals surface area contributed by atoms with Gasteiger partial charge in [0.2, 0.25) is 0 Å². The quantitative estimate of drug-likeness (QED) is 0.515. The molecular formula is C29H32N4O. The Bertz CT molecular complexity index is 1200. The number of Topliss-reactive ketones (excluding diaryl/α,β-unsaturated/α-hetero) is 1. The van der Waals surface area contributed by atoms with Gasteiger partial charge in [0.15, 0.2) is 5.78 Å². The average Bonchev–Trinajstić information content (AvgIpc) is 3.48. The second-order valence-electron chi connectivity index (χ2n) is 10.1. The standard InChI is InChI=1S/C29H32N4O/c1-19-6-12-24(13-7-19)33-28(23-10-8-21(18-30)9-11-23)17-27(32-33)29(34)25-5-3-4-22-14-15-31-26(22)16-20(25)2/h6-13,17,20,22,25-26,31H,3-5,14-16H2,1-2H3/t20-,22?,25?,26?/m0/s1. The Morgan fingerprint density at radius 2 is 1.85 bits per heavy atom. The SMILES string of the molecule is Cc1ccc(-n2nc(C(=O)C3CCCC4CCNC4C[C@@H]3C)cc2-c2ccc(C#N)cc2)cc1. The average molecular weight is 453 g/mol. The topological polar surface area (TPSA) is 70.7 Å². The third-order valence-electron chi connectivity index (χ3n) is 7.78. The zero-order valence-electron chi connectivity index (χ0n) is 20.0. The third kappa shape index (κ3) is 4.43. The molecule has 3 unspecified atom stereocenters. The highest BCUT2D eigenvalue weighted by atomic mass is 16.1. The van der Waals surface area contributed by atoms with E-state index in [1.165, 1.54) is 18.4 Å². The minimum absolute atomic E-state index is 0.00136. The van der Waals surface area contributed by atoms with Gasteiger partial charge in [-0.15, -0.1) is 0 Å². The van der Waals surface area contributed by atoms with E-state index < -0.39 is 0 Å². The molecule has 1 aliphatic carbocycles. The summed E-state index contributed by atoms with van der Waals surface area (Å²) < 4.78 is 1.87. The van der Waals surface area contributed by atoms with E-state index in [2.05, 4.69) is 37.4 Å². The van der Waals surface area contributed by atoms with Crippen LogP contribution in [0.5, 0.6) is 0 Å². The number of carbonyl (C=O) groups excluding carboxylic acids is 1. The highest BCUT2D eigenvalue weighted by molar-refractivity contribution is 5.97. The molecule has 1 aliphatic heterocycles. The van der Waals surface area contributed by atoms with Crippen LogP contribution in [0.2, 0.25) is 0 Å². The van der Waals surface area contributed by atoms with Gasteiger partial charge in [0.1, 0.15) is 5.69 Å². The van der Waals surface area contributed by atoms with Crippen molar-refractivity contribution >= 4 is 5.78 Å². The van der Waals surface area contributed by atoms with Crippen LogP contribution in [0.15, 0.2) is 54.6 Å². The van der Waals surface area contributed by atoms with E-state index in [1.807, 2.05) is 47.1 Å². The third-order valence-corrected chi connectivity index (χ3v) is 7.78. The maximum atomic E-state index is 13.8. The number of fused-ring (bicyclic) bond motifs is 1. The molecule has 2 aromatic carbocycles. The van der Waals surface area contributed by atoms with Gasteiger partial charge in [-0.25, -0.2) is 4.68 Å². The summed E-state index contributed by atoms with van der Waals surface area (Å²) in [5.74, 6) is 1.25. The first-order valence-corrected chi connectivity index (χ1v) is 12.5. The summed E-state index contributed by atoms with van der Waals surface area (Å²) in [6.07, 6.45) is 5.58. The van der Waals surface area contributed by atoms with Gasteiger partial charge in [0.05, 0.1) is 23.0 Å². The van der Waals surface area contributed by atoms with E-state index in [0.29, 0.717) is 23.2 Å². The number of nitriles is 1. The van der Waals surface area contributed by atoms with E-state index >= 15 is 0 Å². The minimum atomic E-state index is -0.00136.